The Hall–Kier alpha value is -1.65. The predicted molar refractivity (Wildman–Crippen MR) is 124 cm³/mol. The van der Waals surface area contributed by atoms with Gasteiger partial charge in [-0.05, 0) is 76.9 Å². The molecule has 0 unspecified atom stereocenters. The highest BCUT2D eigenvalue weighted by molar-refractivity contribution is 6.01. The zero-order chi connectivity index (χ0) is 23.1. The van der Waals surface area contributed by atoms with Crippen LogP contribution in [0.5, 0.6) is 0 Å². The van der Waals surface area contributed by atoms with Gasteiger partial charge in [0.15, 0.2) is 5.76 Å². The smallest absolute Gasteiger partial charge is 0.203 e. The van der Waals surface area contributed by atoms with E-state index < -0.39 is 5.41 Å². The molecule has 0 aromatic heterocycles. The van der Waals surface area contributed by atoms with Crippen molar-refractivity contribution in [2.45, 2.75) is 86.7 Å². The second kappa shape index (κ2) is 11.7. The molecule has 0 aromatic carbocycles. The van der Waals surface area contributed by atoms with Gasteiger partial charge in [0.2, 0.25) is 5.78 Å². The van der Waals surface area contributed by atoms with Crippen molar-refractivity contribution < 1.29 is 20.1 Å². The zero-order valence-electron chi connectivity index (χ0n) is 20.0. The number of aliphatic hydroxyl groups excluding tert-OH is 3. The van der Waals surface area contributed by atoms with Gasteiger partial charge in [0.25, 0.3) is 0 Å². The number of carbonyl (C=O) groups excluding carboxylic acids is 1. The van der Waals surface area contributed by atoms with Crippen LogP contribution in [-0.2, 0) is 4.79 Å². The Morgan fingerprint density at radius 3 is 2.33 bits per heavy atom. The van der Waals surface area contributed by atoms with Gasteiger partial charge < -0.3 is 15.3 Å². The molecule has 1 aliphatic carbocycles. The maximum Gasteiger partial charge on any atom is 0.203 e. The van der Waals surface area contributed by atoms with E-state index in [2.05, 4.69) is 26.0 Å². The van der Waals surface area contributed by atoms with Crippen molar-refractivity contribution in [2.24, 2.45) is 17.3 Å². The summed E-state index contributed by atoms with van der Waals surface area (Å²) in [6, 6.07) is 0. The Morgan fingerprint density at radius 1 is 1.17 bits per heavy atom. The second-order valence-electron chi connectivity index (χ2n) is 9.29. The van der Waals surface area contributed by atoms with E-state index in [0.29, 0.717) is 12.0 Å². The van der Waals surface area contributed by atoms with E-state index in [1.165, 1.54) is 11.1 Å². The first kappa shape index (κ1) is 26.4. The number of Topliss-reactive ketones (excluding diaryl/α,β-unsaturated/α-hetero) is 1. The SMILES string of the molecule is C/C=C(\C)[C@@H](O)CC/C(C)=C/CC/C(C)=C/C[C@]1(C)C(=O)C(O)=C([C@H](C)CO)[C@H]1C. The molecule has 4 nitrogen and oxygen atoms in total. The fourth-order valence-electron chi connectivity index (χ4n) is 4.10. The molecule has 4 heteroatoms. The minimum absolute atomic E-state index is 0.0705. The van der Waals surface area contributed by atoms with Crippen molar-refractivity contribution in [1.29, 1.82) is 0 Å². The average molecular weight is 419 g/mol. The standard InChI is InChI=1S/C26H42O4/c1-8-19(4)22(28)13-12-17(2)10-9-11-18(3)14-15-26(7)21(6)23(20(5)16-27)24(29)25(26)30/h8,10,14,20-22,27-29H,9,11-13,15-16H2,1-7H3/b17-10+,18-14+,19-8+/t20-,21-,22+,26+/m1/s1. The summed E-state index contributed by atoms with van der Waals surface area (Å²) in [5.41, 5.74) is 3.56. The summed E-state index contributed by atoms with van der Waals surface area (Å²) >= 11 is 0. The molecule has 4 atom stereocenters. The van der Waals surface area contributed by atoms with Crippen LogP contribution in [0.15, 0.2) is 46.3 Å². The number of hydrogen-bond donors (Lipinski definition) is 3. The first-order chi connectivity index (χ1) is 14.0. The molecule has 170 valence electrons. The highest BCUT2D eigenvalue weighted by Gasteiger charge is 2.49. The van der Waals surface area contributed by atoms with Gasteiger partial charge in [0.05, 0.1) is 6.10 Å². The first-order valence-corrected chi connectivity index (χ1v) is 11.2. The monoisotopic (exact) mass is 418 g/mol. The third kappa shape index (κ3) is 6.42. The lowest BCUT2D eigenvalue weighted by Crippen LogP contribution is -2.30. The molecule has 0 heterocycles. The van der Waals surface area contributed by atoms with Crippen LogP contribution in [0.25, 0.3) is 0 Å². The molecule has 0 bridgehead atoms. The summed E-state index contributed by atoms with van der Waals surface area (Å²) in [6.45, 7) is 13.8. The summed E-state index contributed by atoms with van der Waals surface area (Å²) in [4.78, 5) is 12.7. The summed E-state index contributed by atoms with van der Waals surface area (Å²) in [7, 11) is 0. The van der Waals surface area contributed by atoms with Crippen LogP contribution < -0.4 is 0 Å². The van der Waals surface area contributed by atoms with Crippen molar-refractivity contribution in [3.8, 4) is 0 Å². The van der Waals surface area contributed by atoms with Crippen LogP contribution in [0.2, 0.25) is 0 Å². The molecule has 1 aliphatic rings. The molecule has 0 radical (unpaired) electrons. The summed E-state index contributed by atoms with van der Waals surface area (Å²) in [6.07, 6.45) is 10.0. The number of allylic oxidation sites excluding steroid dienone is 6. The minimum Gasteiger partial charge on any atom is -0.504 e. The van der Waals surface area contributed by atoms with Crippen LogP contribution in [0.3, 0.4) is 0 Å². The number of rotatable bonds is 11. The maximum atomic E-state index is 12.7. The van der Waals surface area contributed by atoms with Crippen LogP contribution >= 0.6 is 0 Å². The Kier molecular flexibility index (Phi) is 10.3. The van der Waals surface area contributed by atoms with Crippen LogP contribution in [0.1, 0.15) is 80.6 Å². The number of aliphatic hydroxyl groups is 3. The number of carbonyl (C=O) groups is 1. The van der Waals surface area contributed by atoms with Crippen molar-refractivity contribution in [3.05, 3.63) is 46.3 Å². The van der Waals surface area contributed by atoms with Crippen LogP contribution in [-0.4, -0.2) is 33.8 Å². The molecule has 0 spiro atoms. The van der Waals surface area contributed by atoms with Gasteiger partial charge in [-0.1, -0.05) is 50.1 Å². The molecule has 0 fully saturated rings. The van der Waals surface area contributed by atoms with Gasteiger partial charge in [-0.15, -0.1) is 0 Å². The lowest BCUT2D eigenvalue weighted by molar-refractivity contribution is -0.126. The van der Waals surface area contributed by atoms with E-state index in [0.717, 1.165) is 31.3 Å². The number of hydrogen-bond acceptors (Lipinski definition) is 4. The normalized spacial score (nSPS) is 25.8. The summed E-state index contributed by atoms with van der Waals surface area (Å²) < 4.78 is 0. The van der Waals surface area contributed by atoms with Gasteiger partial charge in [-0.3, -0.25) is 4.79 Å². The zero-order valence-corrected chi connectivity index (χ0v) is 20.0. The van der Waals surface area contributed by atoms with Crippen LogP contribution in [0.4, 0.5) is 0 Å². The Morgan fingerprint density at radius 2 is 1.77 bits per heavy atom. The summed E-state index contributed by atoms with van der Waals surface area (Å²) in [5.74, 6) is -0.656. The minimum atomic E-state index is -0.656. The maximum absolute atomic E-state index is 12.7. The highest BCUT2D eigenvalue weighted by atomic mass is 16.3. The van der Waals surface area contributed by atoms with E-state index in [4.69, 9.17) is 0 Å². The largest absolute Gasteiger partial charge is 0.504 e. The van der Waals surface area contributed by atoms with E-state index in [-0.39, 0.29) is 36.1 Å². The van der Waals surface area contributed by atoms with E-state index in [9.17, 15) is 20.1 Å². The fraction of sp³-hybridized carbons (Fsp3) is 0.654. The molecule has 0 amide bonds. The third-order valence-corrected chi connectivity index (χ3v) is 6.93. The molecule has 0 saturated heterocycles. The third-order valence-electron chi connectivity index (χ3n) is 6.93. The van der Waals surface area contributed by atoms with Crippen molar-refractivity contribution in [2.75, 3.05) is 6.61 Å². The molecule has 0 saturated carbocycles. The molecular formula is C26H42O4. The second-order valence-corrected chi connectivity index (χ2v) is 9.29. The lowest BCUT2D eigenvalue weighted by Gasteiger charge is -2.29. The summed E-state index contributed by atoms with van der Waals surface area (Å²) in [5, 5.41) is 29.8. The highest BCUT2D eigenvalue weighted by Crippen LogP contribution is 2.48. The Balaban J connectivity index is 2.63. The topological polar surface area (TPSA) is 77.8 Å². The van der Waals surface area contributed by atoms with E-state index >= 15 is 0 Å². The van der Waals surface area contributed by atoms with Crippen molar-refractivity contribution in [3.63, 3.8) is 0 Å². The number of ketones is 1. The van der Waals surface area contributed by atoms with Gasteiger partial charge in [0.1, 0.15) is 0 Å². The molecule has 0 aliphatic heterocycles. The van der Waals surface area contributed by atoms with E-state index in [1.54, 1.807) is 0 Å². The van der Waals surface area contributed by atoms with E-state index in [1.807, 2.05) is 40.7 Å². The Bertz CT molecular complexity index is 725. The molecule has 0 aromatic rings. The van der Waals surface area contributed by atoms with Gasteiger partial charge >= 0.3 is 0 Å². The first-order valence-electron chi connectivity index (χ1n) is 11.2. The predicted octanol–water partition coefficient (Wildman–Crippen LogP) is 5.82. The molecule has 30 heavy (non-hydrogen) atoms. The fourth-order valence-corrected chi connectivity index (χ4v) is 4.10. The van der Waals surface area contributed by atoms with Gasteiger partial charge in [-0.25, -0.2) is 0 Å². The van der Waals surface area contributed by atoms with Crippen LogP contribution in [0, 0.1) is 17.3 Å². The van der Waals surface area contributed by atoms with Gasteiger partial charge in [-0.2, -0.15) is 0 Å². The quantitative estimate of drug-likeness (QED) is 0.369. The molecular weight excluding hydrogens is 376 g/mol. The molecule has 1 rings (SSSR count). The van der Waals surface area contributed by atoms with Gasteiger partial charge in [0, 0.05) is 17.9 Å². The lowest BCUT2D eigenvalue weighted by atomic mass is 9.72. The molecule has 3 N–H and O–H groups in total. The average Bonchev–Trinajstić information content (AvgIpc) is 2.89. The Labute approximate surface area is 183 Å². The van der Waals surface area contributed by atoms with Crippen molar-refractivity contribution in [1.82, 2.24) is 0 Å². The van der Waals surface area contributed by atoms with Crippen molar-refractivity contribution >= 4 is 5.78 Å².